The molecule has 0 bridgehead atoms. The molecule has 3 atom stereocenters. The molecule has 0 spiro atoms. The molecule has 3 nitrogen and oxygen atoms in total. The Morgan fingerprint density at radius 1 is 1.36 bits per heavy atom. The highest BCUT2D eigenvalue weighted by Gasteiger charge is 2.33. The first-order valence-electron chi connectivity index (χ1n) is 5.72. The fourth-order valence-corrected chi connectivity index (χ4v) is 2.43. The van der Waals surface area contributed by atoms with Crippen LogP contribution < -0.4 is 5.32 Å². The molecule has 1 N–H and O–H groups in total. The van der Waals surface area contributed by atoms with Crippen molar-refractivity contribution < 1.29 is 4.79 Å². The van der Waals surface area contributed by atoms with Gasteiger partial charge in [-0.1, -0.05) is 6.92 Å². The van der Waals surface area contributed by atoms with E-state index in [1.165, 1.54) is 12.8 Å². The minimum atomic E-state index is 0.130. The Balaban J connectivity index is 1.92. The lowest BCUT2D eigenvalue weighted by atomic mass is 9.92. The van der Waals surface area contributed by atoms with Crippen LogP contribution in [-0.4, -0.2) is 36.0 Å². The summed E-state index contributed by atoms with van der Waals surface area (Å²) in [5.74, 6) is 1.11. The Bertz CT molecular complexity index is 225. The molecule has 2 unspecified atom stereocenters. The van der Waals surface area contributed by atoms with E-state index < -0.39 is 0 Å². The molecule has 0 aromatic heterocycles. The molecule has 2 saturated heterocycles. The smallest absolute Gasteiger partial charge is 0.239 e. The molecule has 0 aromatic rings. The molecule has 0 aliphatic carbocycles. The second-order valence-electron chi connectivity index (χ2n) is 4.81. The molecule has 0 radical (unpaired) electrons. The van der Waals surface area contributed by atoms with E-state index in [2.05, 4.69) is 24.1 Å². The Morgan fingerprint density at radius 2 is 2.07 bits per heavy atom. The predicted molar refractivity (Wildman–Crippen MR) is 56.0 cm³/mol. The number of rotatable bonds is 1. The lowest BCUT2D eigenvalue weighted by Gasteiger charge is -2.40. The lowest BCUT2D eigenvalue weighted by Crippen LogP contribution is -2.57. The SMILES string of the molecule is CC1CCN(C(=O)[C@H]2CCN2)C(C)C1. The zero-order valence-electron chi connectivity index (χ0n) is 9.12. The molecule has 2 fully saturated rings. The summed E-state index contributed by atoms with van der Waals surface area (Å²) in [6.45, 7) is 6.42. The van der Waals surface area contributed by atoms with Crippen molar-refractivity contribution >= 4 is 5.91 Å². The molecule has 1 amide bonds. The van der Waals surface area contributed by atoms with Gasteiger partial charge in [-0.2, -0.15) is 0 Å². The maximum absolute atomic E-state index is 12.0. The number of nitrogens with zero attached hydrogens (tertiary/aromatic N) is 1. The molecule has 0 aromatic carbocycles. The second kappa shape index (κ2) is 3.89. The summed E-state index contributed by atoms with van der Waals surface area (Å²) in [5.41, 5.74) is 0. The maximum atomic E-state index is 12.0. The van der Waals surface area contributed by atoms with E-state index in [1.54, 1.807) is 0 Å². The van der Waals surface area contributed by atoms with E-state index in [-0.39, 0.29) is 6.04 Å². The van der Waals surface area contributed by atoms with Gasteiger partial charge < -0.3 is 10.2 Å². The quantitative estimate of drug-likeness (QED) is 0.678. The third-order valence-corrected chi connectivity index (χ3v) is 3.54. The van der Waals surface area contributed by atoms with Crippen molar-refractivity contribution in [1.82, 2.24) is 10.2 Å². The number of carbonyl (C=O) groups is 1. The molecular formula is C11H20N2O. The molecule has 2 aliphatic heterocycles. The Hall–Kier alpha value is -0.570. The Kier molecular flexibility index (Phi) is 2.77. The van der Waals surface area contributed by atoms with Gasteiger partial charge in [0.15, 0.2) is 0 Å². The first kappa shape index (κ1) is 9.97. The van der Waals surface area contributed by atoms with Crippen LogP contribution in [0.1, 0.15) is 33.1 Å². The number of hydrogen-bond acceptors (Lipinski definition) is 2. The lowest BCUT2D eigenvalue weighted by molar-refractivity contribution is -0.139. The van der Waals surface area contributed by atoms with Crippen LogP contribution in [-0.2, 0) is 4.79 Å². The van der Waals surface area contributed by atoms with Crippen LogP contribution in [0.5, 0.6) is 0 Å². The number of amides is 1. The van der Waals surface area contributed by atoms with E-state index >= 15 is 0 Å². The molecule has 2 aliphatic rings. The van der Waals surface area contributed by atoms with Gasteiger partial charge in [-0.15, -0.1) is 0 Å². The number of hydrogen-bond donors (Lipinski definition) is 1. The Morgan fingerprint density at radius 3 is 2.57 bits per heavy atom. The topological polar surface area (TPSA) is 32.3 Å². The van der Waals surface area contributed by atoms with Gasteiger partial charge >= 0.3 is 0 Å². The van der Waals surface area contributed by atoms with Crippen LogP contribution in [0, 0.1) is 5.92 Å². The number of likely N-dealkylation sites (tertiary alicyclic amines) is 1. The average Bonchev–Trinajstić information content (AvgIpc) is 2.00. The van der Waals surface area contributed by atoms with Crippen molar-refractivity contribution in [3.63, 3.8) is 0 Å². The summed E-state index contributed by atoms with van der Waals surface area (Å²) in [5, 5.41) is 3.18. The van der Waals surface area contributed by atoms with Crippen molar-refractivity contribution in [2.75, 3.05) is 13.1 Å². The first-order valence-corrected chi connectivity index (χ1v) is 5.72. The maximum Gasteiger partial charge on any atom is 0.239 e. The summed E-state index contributed by atoms with van der Waals surface area (Å²) >= 11 is 0. The third-order valence-electron chi connectivity index (χ3n) is 3.54. The third kappa shape index (κ3) is 1.78. The largest absolute Gasteiger partial charge is 0.339 e. The number of nitrogens with one attached hydrogen (secondary N) is 1. The summed E-state index contributed by atoms with van der Waals surface area (Å²) in [4.78, 5) is 14.0. The number of piperidine rings is 1. The van der Waals surface area contributed by atoms with Crippen molar-refractivity contribution in [2.45, 2.75) is 45.2 Å². The molecule has 0 saturated carbocycles. The standard InChI is InChI=1S/C11H20N2O/c1-8-4-6-13(9(2)7-8)11(14)10-3-5-12-10/h8-10,12H,3-7H2,1-2H3/t8?,9?,10-/m1/s1. The highest BCUT2D eigenvalue weighted by molar-refractivity contribution is 5.83. The fourth-order valence-electron chi connectivity index (χ4n) is 2.43. The highest BCUT2D eigenvalue weighted by Crippen LogP contribution is 2.23. The summed E-state index contributed by atoms with van der Waals surface area (Å²) in [6.07, 6.45) is 3.36. The normalized spacial score (nSPS) is 37.9. The van der Waals surface area contributed by atoms with Gasteiger partial charge in [-0.25, -0.2) is 0 Å². The van der Waals surface area contributed by atoms with E-state index in [4.69, 9.17) is 0 Å². The second-order valence-corrected chi connectivity index (χ2v) is 4.81. The van der Waals surface area contributed by atoms with Crippen LogP contribution in [0.15, 0.2) is 0 Å². The minimum absolute atomic E-state index is 0.130. The van der Waals surface area contributed by atoms with Crippen LogP contribution >= 0.6 is 0 Å². The van der Waals surface area contributed by atoms with Gasteiger partial charge in [0.05, 0.1) is 6.04 Å². The molecule has 80 valence electrons. The Labute approximate surface area is 85.8 Å². The molecule has 3 heteroatoms. The molecule has 14 heavy (non-hydrogen) atoms. The first-order chi connectivity index (χ1) is 6.68. The van der Waals surface area contributed by atoms with E-state index in [0.717, 1.165) is 25.4 Å². The van der Waals surface area contributed by atoms with Gasteiger partial charge in [0.25, 0.3) is 0 Å². The van der Waals surface area contributed by atoms with Crippen LogP contribution in [0.3, 0.4) is 0 Å². The summed E-state index contributed by atoms with van der Waals surface area (Å²) in [6, 6.07) is 0.569. The van der Waals surface area contributed by atoms with Gasteiger partial charge in [-0.3, -0.25) is 4.79 Å². The van der Waals surface area contributed by atoms with Crippen molar-refractivity contribution in [3.05, 3.63) is 0 Å². The van der Waals surface area contributed by atoms with Gasteiger partial charge in [0, 0.05) is 12.6 Å². The van der Waals surface area contributed by atoms with Gasteiger partial charge in [0.1, 0.15) is 0 Å². The number of carbonyl (C=O) groups excluding carboxylic acids is 1. The van der Waals surface area contributed by atoms with E-state index in [0.29, 0.717) is 11.9 Å². The van der Waals surface area contributed by atoms with Crippen molar-refractivity contribution in [3.8, 4) is 0 Å². The van der Waals surface area contributed by atoms with Crippen LogP contribution in [0.2, 0.25) is 0 Å². The van der Waals surface area contributed by atoms with E-state index in [1.807, 2.05) is 0 Å². The zero-order valence-corrected chi connectivity index (χ0v) is 9.12. The van der Waals surface area contributed by atoms with Crippen LogP contribution in [0.4, 0.5) is 0 Å². The average molecular weight is 196 g/mol. The molecular weight excluding hydrogens is 176 g/mol. The summed E-state index contributed by atoms with van der Waals surface area (Å²) in [7, 11) is 0. The summed E-state index contributed by atoms with van der Waals surface area (Å²) < 4.78 is 0. The molecule has 2 rings (SSSR count). The predicted octanol–water partition coefficient (Wildman–Crippen LogP) is 0.995. The van der Waals surface area contributed by atoms with Crippen molar-refractivity contribution in [2.24, 2.45) is 5.92 Å². The molecule has 2 heterocycles. The van der Waals surface area contributed by atoms with E-state index in [9.17, 15) is 4.79 Å². The van der Waals surface area contributed by atoms with Crippen LogP contribution in [0.25, 0.3) is 0 Å². The fraction of sp³-hybridized carbons (Fsp3) is 0.909. The van der Waals surface area contributed by atoms with Gasteiger partial charge in [0.2, 0.25) is 5.91 Å². The van der Waals surface area contributed by atoms with Crippen molar-refractivity contribution in [1.29, 1.82) is 0 Å². The highest BCUT2D eigenvalue weighted by atomic mass is 16.2. The van der Waals surface area contributed by atoms with Gasteiger partial charge in [-0.05, 0) is 38.6 Å². The minimum Gasteiger partial charge on any atom is -0.339 e. The zero-order chi connectivity index (χ0) is 10.1. The monoisotopic (exact) mass is 196 g/mol.